The first-order chi connectivity index (χ1) is 15.0. The largest absolute Gasteiger partial charge is 0.497 e. The molecule has 1 atom stereocenters. The Labute approximate surface area is 185 Å². The van der Waals surface area contributed by atoms with Crippen LogP contribution < -0.4 is 9.64 Å². The van der Waals surface area contributed by atoms with E-state index in [2.05, 4.69) is 31.0 Å². The van der Waals surface area contributed by atoms with Crippen LogP contribution in [0.25, 0.3) is 6.08 Å². The molecule has 2 aliphatic heterocycles. The summed E-state index contributed by atoms with van der Waals surface area (Å²) in [7, 11) is 1.58. The van der Waals surface area contributed by atoms with Gasteiger partial charge in [0.25, 0.3) is 5.91 Å². The number of hydrogen-bond acceptors (Lipinski definition) is 6. The highest BCUT2D eigenvalue weighted by Crippen LogP contribution is 2.34. The van der Waals surface area contributed by atoms with Crippen LogP contribution in [0.4, 0.5) is 5.69 Å². The standard InChI is InChI=1S/C24H24N2O4S/c1-15(2)17-9-7-16(8-10-17)13-20-22(27)26(18-5-4-6-19(14-18)29-3)24(25-20)31-21-11-12-30-23(21)28/h4-10,13-15,21H,11-12H2,1-3H3/b20-13+/t21-/m0/s1. The van der Waals surface area contributed by atoms with Gasteiger partial charge >= 0.3 is 5.97 Å². The third-order valence-electron chi connectivity index (χ3n) is 5.18. The molecular weight excluding hydrogens is 412 g/mol. The number of cyclic esters (lactones) is 1. The number of carbonyl (C=O) groups is 2. The second kappa shape index (κ2) is 8.98. The van der Waals surface area contributed by atoms with E-state index >= 15 is 0 Å². The van der Waals surface area contributed by atoms with Crippen LogP contribution in [0.15, 0.2) is 59.2 Å². The van der Waals surface area contributed by atoms with E-state index < -0.39 is 0 Å². The summed E-state index contributed by atoms with van der Waals surface area (Å²) in [4.78, 5) is 31.5. The van der Waals surface area contributed by atoms with Gasteiger partial charge in [-0.05, 0) is 35.3 Å². The minimum absolute atomic E-state index is 0.241. The molecular formula is C24H24N2O4S. The van der Waals surface area contributed by atoms with Gasteiger partial charge in [-0.3, -0.25) is 14.5 Å². The number of amidine groups is 1. The molecule has 1 amide bonds. The van der Waals surface area contributed by atoms with Gasteiger partial charge in [-0.1, -0.05) is 55.9 Å². The smallest absolute Gasteiger partial charge is 0.319 e. The Balaban J connectivity index is 1.69. The minimum atomic E-state index is -0.371. The molecule has 160 valence electrons. The van der Waals surface area contributed by atoms with Gasteiger partial charge in [0.15, 0.2) is 5.17 Å². The molecule has 0 aliphatic carbocycles. The fourth-order valence-corrected chi connectivity index (χ4v) is 4.48. The van der Waals surface area contributed by atoms with E-state index in [1.54, 1.807) is 19.3 Å². The maximum absolute atomic E-state index is 13.3. The maximum atomic E-state index is 13.3. The lowest BCUT2D eigenvalue weighted by molar-refractivity contribution is -0.137. The van der Waals surface area contributed by atoms with Gasteiger partial charge in [0, 0.05) is 12.5 Å². The molecule has 2 aromatic carbocycles. The van der Waals surface area contributed by atoms with Crippen LogP contribution in [0, 0.1) is 0 Å². The minimum Gasteiger partial charge on any atom is -0.497 e. The van der Waals surface area contributed by atoms with Crippen LogP contribution in [0.2, 0.25) is 0 Å². The zero-order valence-corrected chi connectivity index (χ0v) is 18.5. The molecule has 0 radical (unpaired) electrons. The van der Waals surface area contributed by atoms with Gasteiger partial charge in [-0.2, -0.15) is 0 Å². The first-order valence-corrected chi connectivity index (χ1v) is 11.1. The summed E-state index contributed by atoms with van der Waals surface area (Å²) in [5, 5.41) is 0.0940. The number of benzene rings is 2. The van der Waals surface area contributed by atoms with E-state index in [4.69, 9.17) is 9.47 Å². The SMILES string of the molecule is COc1cccc(N2C(=O)/C(=C\c3ccc(C(C)C)cc3)N=C2S[C@H]2CCOC2=O)c1. The Bertz CT molecular complexity index is 1060. The van der Waals surface area contributed by atoms with Gasteiger partial charge in [0.05, 0.1) is 19.4 Å². The number of hydrogen-bond donors (Lipinski definition) is 0. The average molecular weight is 437 g/mol. The van der Waals surface area contributed by atoms with Crippen molar-refractivity contribution in [2.75, 3.05) is 18.6 Å². The quantitative estimate of drug-likeness (QED) is 0.506. The number of ether oxygens (including phenoxy) is 2. The van der Waals surface area contributed by atoms with E-state index in [1.807, 2.05) is 30.3 Å². The number of nitrogens with zero attached hydrogens (tertiary/aromatic N) is 2. The molecule has 2 heterocycles. The van der Waals surface area contributed by atoms with Crippen LogP contribution in [0.3, 0.4) is 0 Å². The maximum Gasteiger partial charge on any atom is 0.319 e. The molecule has 7 heteroatoms. The first-order valence-electron chi connectivity index (χ1n) is 10.2. The van der Waals surface area contributed by atoms with E-state index in [-0.39, 0.29) is 17.1 Å². The lowest BCUT2D eigenvalue weighted by Crippen LogP contribution is -2.32. The van der Waals surface area contributed by atoms with E-state index in [9.17, 15) is 9.59 Å². The van der Waals surface area contributed by atoms with Crippen molar-refractivity contribution >= 4 is 40.6 Å². The molecule has 4 rings (SSSR count). The van der Waals surface area contributed by atoms with Crippen molar-refractivity contribution in [2.24, 2.45) is 4.99 Å². The first kappa shape index (κ1) is 21.2. The number of esters is 1. The molecule has 0 unspecified atom stereocenters. The number of methoxy groups -OCH3 is 1. The highest BCUT2D eigenvalue weighted by atomic mass is 32.2. The Kier molecular flexibility index (Phi) is 6.13. The Morgan fingerprint density at radius 3 is 2.61 bits per heavy atom. The molecule has 0 bridgehead atoms. The van der Waals surface area contributed by atoms with Crippen molar-refractivity contribution in [3.05, 3.63) is 65.4 Å². The van der Waals surface area contributed by atoms with Crippen molar-refractivity contribution in [3.63, 3.8) is 0 Å². The van der Waals surface area contributed by atoms with E-state index in [0.717, 1.165) is 5.56 Å². The van der Waals surface area contributed by atoms with E-state index in [1.165, 1.54) is 22.2 Å². The fourth-order valence-electron chi connectivity index (χ4n) is 3.40. The second-order valence-electron chi connectivity index (χ2n) is 7.65. The topological polar surface area (TPSA) is 68.2 Å². The average Bonchev–Trinajstić information content (AvgIpc) is 3.31. The summed E-state index contributed by atoms with van der Waals surface area (Å²) in [5.41, 5.74) is 3.10. The predicted octanol–water partition coefficient (Wildman–Crippen LogP) is 4.61. The van der Waals surface area contributed by atoms with E-state index in [0.29, 0.717) is 41.2 Å². The summed E-state index contributed by atoms with van der Waals surface area (Å²) in [6.07, 6.45) is 2.37. The monoisotopic (exact) mass is 436 g/mol. The van der Waals surface area contributed by atoms with Crippen molar-refractivity contribution in [2.45, 2.75) is 31.4 Å². The number of amides is 1. The number of rotatable bonds is 5. The third-order valence-corrected chi connectivity index (χ3v) is 6.38. The van der Waals surface area contributed by atoms with Gasteiger partial charge in [-0.25, -0.2) is 4.99 Å². The molecule has 2 aromatic rings. The molecule has 0 aromatic heterocycles. The van der Waals surface area contributed by atoms with Gasteiger partial charge in [-0.15, -0.1) is 0 Å². The van der Waals surface area contributed by atoms with Crippen molar-refractivity contribution in [1.29, 1.82) is 0 Å². The number of thioether (sulfide) groups is 1. The van der Waals surface area contributed by atoms with Gasteiger partial charge in [0.2, 0.25) is 0 Å². The van der Waals surface area contributed by atoms with Gasteiger partial charge in [0.1, 0.15) is 16.7 Å². The predicted molar refractivity (Wildman–Crippen MR) is 123 cm³/mol. The molecule has 1 saturated heterocycles. The van der Waals surface area contributed by atoms with Crippen LogP contribution in [-0.4, -0.2) is 36.0 Å². The van der Waals surface area contributed by atoms with Crippen LogP contribution in [0.5, 0.6) is 5.75 Å². The van der Waals surface area contributed by atoms with Crippen molar-refractivity contribution in [3.8, 4) is 5.75 Å². The summed E-state index contributed by atoms with van der Waals surface area (Å²) >= 11 is 1.26. The number of aliphatic imine (C=N–C) groups is 1. The Morgan fingerprint density at radius 1 is 1.19 bits per heavy atom. The molecule has 0 N–H and O–H groups in total. The lowest BCUT2D eigenvalue weighted by atomic mass is 10.0. The Hall–Kier alpha value is -3.06. The van der Waals surface area contributed by atoms with Crippen LogP contribution >= 0.6 is 11.8 Å². The summed E-state index contributed by atoms with van der Waals surface area (Å²) in [6, 6.07) is 15.3. The molecule has 1 fully saturated rings. The number of carbonyl (C=O) groups excluding carboxylic acids is 2. The molecule has 2 aliphatic rings. The van der Waals surface area contributed by atoms with Crippen LogP contribution in [0.1, 0.15) is 37.3 Å². The molecule has 0 spiro atoms. The summed E-state index contributed by atoms with van der Waals surface area (Å²) < 4.78 is 10.4. The fraction of sp³-hybridized carbons (Fsp3) is 0.292. The highest BCUT2D eigenvalue weighted by molar-refractivity contribution is 8.15. The van der Waals surface area contributed by atoms with Crippen molar-refractivity contribution in [1.82, 2.24) is 0 Å². The summed E-state index contributed by atoms with van der Waals surface area (Å²) in [5.74, 6) is 0.560. The number of anilines is 1. The molecule has 0 saturated carbocycles. The summed E-state index contributed by atoms with van der Waals surface area (Å²) in [6.45, 7) is 4.67. The second-order valence-corrected chi connectivity index (χ2v) is 8.82. The molecule has 31 heavy (non-hydrogen) atoms. The van der Waals surface area contributed by atoms with Gasteiger partial charge < -0.3 is 9.47 Å². The van der Waals surface area contributed by atoms with Crippen LogP contribution in [-0.2, 0) is 14.3 Å². The third kappa shape index (κ3) is 4.51. The lowest BCUT2D eigenvalue weighted by Gasteiger charge is -2.19. The molecule has 6 nitrogen and oxygen atoms in total. The van der Waals surface area contributed by atoms with Crippen molar-refractivity contribution < 1.29 is 19.1 Å². The normalized spacial score (nSPS) is 19.9. The highest BCUT2D eigenvalue weighted by Gasteiger charge is 2.37. The zero-order chi connectivity index (χ0) is 22.0. The Morgan fingerprint density at radius 2 is 1.97 bits per heavy atom. The zero-order valence-electron chi connectivity index (χ0n) is 17.7.